The zero-order valence-electron chi connectivity index (χ0n) is 15.5. The maximum Gasteiger partial charge on any atom is 0.271 e. The molecule has 1 N–H and O–H groups in total. The average Bonchev–Trinajstić information content (AvgIpc) is 3.27. The monoisotopic (exact) mass is 368 g/mol. The third kappa shape index (κ3) is 3.06. The number of ether oxygens (including phenoxy) is 2. The summed E-state index contributed by atoms with van der Waals surface area (Å²) in [6, 6.07) is 6.58. The van der Waals surface area contributed by atoms with Gasteiger partial charge < -0.3 is 19.4 Å². The Morgan fingerprint density at radius 3 is 2.93 bits per heavy atom. The summed E-state index contributed by atoms with van der Waals surface area (Å²) < 4.78 is 13.0. The highest BCUT2D eigenvalue weighted by molar-refractivity contribution is 5.92. The summed E-state index contributed by atoms with van der Waals surface area (Å²) in [7, 11) is 0. The second-order valence-electron chi connectivity index (χ2n) is 7.61. The molecule has 0 spiro atoms. The second-order valence-corrected chi connectivity index (χ2v) is 7.61. The van der Waals surface area contributed by atoms with Gasteiger partial charge in [-0.3, -0.25) is 9.69 Å². The number of hydrogen-bond donors (Lipinski definition) is 1. The van der Waals surface area contributed by atoms with Crippen LogP contribution in [0.1, 0.15) is 54.1 Å². The van der Waals surface area contributed by atoms with Crippen molar-refractivity contribution in [2.24, 2.45) is 0 Å². The van der Waals surface area contributed by atoms with Crippen LogP contribution in [0.3, 0.4) is 0 Å². The Balaban J connectivity index is 1.30. The number of fused-ring (bicyclic) bond motifs is 2. The summed E-state index contributed by atoms with van der Waals surface area (Å²) >= 11 is 0. The maximum absolute atomic E-state index is 12.4. The van der Waals surface area contributed by atoms with Gasteiger partial charge in [0, 0.05) is 31.9 Å². The van der Waals surface area contributed by atoms with Crippen LogP contribution in [0.15, 0.2) is 24.4 Å². The number of nitrogens with one attached hydrogen (secondary N) is 1. The minimum atomic E-state index is -0.0453. The van der Waals surface area contributed by atoms with E-state index in [-0.39, 0.29) is 11.9 Å². The van der Waals surface area contributed by atoms with Gasteiger partial charge in [0.15, 0.2) is 11.5 Å². The lowest BCUT2D eigenvalue weighted by atomic mass is 9.93. The third-order valence-corrected chi connectivity index (χ3v) is 5.85. The number of rotatable bonds is 4. The molecule has 5 rings (SSSR count). The molecule has 7 nitrogen and oxygen atoms in total. The van der Waals surface area contributed by atoms with Crippen molar-refractivity contribution >= 4 is 5.91 Å². The van der Waals surface area contributed by atoms with Gasteiger partial charge >= 0.3 is 0 Å². The fraction of sp³-hybridized carbons (Fsp3) is 0.500. The first kappa shape index (κ1) is 16.6. The lowest BCUT2D eigenvalue weighted by molar-refractivity contribution is 0.0912. The van der Waals surface area contributed by atoms with E-state index in [1.54, 1.807) is 0 Å². The van der Waals surface area contributed by atoms with E-state index in [1.807, 2.05) is 18.3 Å². The van der Waals surface area contributed by atoms with Gasteiger partial charge in [0.1, 0.15) is 11.5 Å². The minimum absolute atomic E-state index is 0.0453. The van der Waals surface area contributed by atoms with E-state index in [4.69, 9.17) is 9.47 Å². The number of carbonyl (C=O) groups is 1. The van der Waals surface area contributed by atoms with Crippen molar-refractivity contribution in [3.8, 4) is 11.5 Å². The molecule has 0 unspecified atom stereocenters. The molecule has 3 heterocycles. The van der Waals surface area contributed by atoms with E-state index in [0.29, 0.717) is 18.5 Å². The van der Waals surface area contributed by atoms with Crippen molar-refractivity contribution in [1.82, 2.24) is 19.8 Å². The topological polar surface area (TPSA) is 68.6 Å². The Kier molecular flexibility index (Phi) is 4.04. The zero-order valence-corrected chi connectivity index (χ0v) is 15.5. The molecular weight excluding hydrogens is 344 g/mol. The van der Waals surface area contributed by atoms with Crippen molar-refractivity contribution in [1.29, 1.82) is 0 Å². The largest absolute Gasteiger partial charge is 0.454 e. The van der Waals surface area contributed by atoms with E-state index in [9.17, 15) is 4.79 Å². The predicted octanol–water partition coefficient (Wildman–Crippen LogP) is 2.47. The van der Waals surface area contributed by atoms with E-state index < -0.39 is 0 Å². The molecule has 1 aromatic heterocycles. The van der Waals surface area contributed by atoms with Crippen LogP contribution in [-0.2, 0) is 13.1 Å². The fourth-order valence-corrected chi connectivity index (χ4v) is 3.95. The molecule has 1 aromatic carbocycles. The van der Waals surface area contributed by atoms with Crippen LogP contribution in [0.2, 0.25) is 0 Å². The highest BCUT2D eigenvalue weighted by Crippen LogP contribution is 2.34. The molecule has 3 aliphatic rings. The SMILES string of the molecule is C[C@H]1c2nc(C(=O)NC3CCC3)cn2CCN1Cc1ccc2c(c1)OCO2. The van der Waals surface area contributed by atoms with Crippen molar-refractivity contribution in [2.75, 3.05) is 13.3 Å². The number of amides is 1. The van der Waals surface area contributed by atoms with E-state index in [1.165, 1.54) is 12.0 Å². The molecule has 1 fully saturated rings. The van der Waals surface area contributed by atoms with E-state index >= 15 is 0 Å². The molecule has 2 aromatic rings. The van der Waals surface area contributed by atoms with Gasteiger partial charge in [-0.2, -0.15) is 0 Å². The third-order valence-electron chi connectivity index (χ3n) is 5.85. The van der Waals surface area contributed by atoms with Crippen molar-refractivity contribution in [3.63, 3.8) is 0 Å². The first-order valence-electron chi connectivity index (χ1n) is 9.68. The molecule has 7 heteroatoms. The summed E-state index contributed by atoms with van der Waals surface area (Å²) in [5.74, 6) is 2.54. The number of imidazole rings is 1. The zero-order chi connectivity index (χ0) is 18.4. The summed E-state index contributed by atoms with van der Waals surface area (Å²) in [6.07, 6.45) is 5.27. The minimum Gasteiger partial charge on any atom is -0.454 e. The van der Waals surface area contributed by atoms with Gasteiger partial charge in [-0.25, -0.2) is 4.98 Å². The summed E-state index contributed by atoms with van der Waals surface area (Å²) in [5.41, 5.74) is 1.72. The fourth-order valence-electron chi connectivity index (χ4n) is 3.95. The van der Waals surface area contributed by atoms with Crippen molar-refractivity contribution in [3.05, 3.63) is 41.5 Å². The summed E-state index contributed by atoms with van der Waals surface area (Å²) in [4.78, 5) is 19.5. The number of aromatic nitrogens is 2. The maximum atomic E-state index is 12.4. The first-order chi connectivity index (χ1) is 13.2. The molecule has 1 atom stereocenters. The predicted molar refractivity (Wildman–Crippen MR) is 98.7 cm³/mol. The molecule has 0 radical (unpaired) electrons. The van der Waals surface area contributed by atoms with E-state index in [2.05, 4.69) is 32.8 Å². The van der Waals surface area contributed by atoms with Crippen LogP contribution in [-0.4, -0.2) is 39.7 Å². The summed E-state index contributed by atoms with van der Waals surface area (Å²) in [5, 5.41) is 3.08. The van der Waals surface area contributed by atoms with Crippen molar-refractivity contribution in [2.45, 2.75) is 51.4 Å². The average molecular weight is 368 g/mol. The second kappa shape index (κ2) is 6.56. The van der Waals surface area contributed by atoms with Gasteiger partial charge in [-0.1, -0.05) is 6.07 Å². The Bertz CT molecular complexity index is 874. The van der Waals surface area contributed by atoms with Crippen LogP contribution >= 0.6 is 0 Å². The Labute approximate surface area is 158 Å². The number of benzene rings is 1. The normalized spacial score (nSPS) is 21.6. The number of hydrogen-bond acceptors (Lipinski definition) is 5. The van der Waals surface area contributed by atoms with Gasteiger partial charge in [0.2, 0.25) is 6.79 Å². The summed E-state index contributed by atoms with van der Waals surface area (Å²) in [6.45, 7) is 5.02. The molecule has 2 aliphatic heterocycles. The van der Waals surface area contributed by atoms with Gasteiger partial charge in [0.25, 0.3) is 5.91 Å². The standard InChI is InChI=1S/C20H24N4O3/c1-13-19-22-16(20(25)21-15-3-2-4-15)11-24(19)8-7-23(13)10-14-5-6-17-18(9-14)27-12-26-17/h5-6,9,11,13,15H,2-4,7-8,10,12H2,1H3,(H,21,25)/t13-/m0/s1. The lowest BCUT2D eigenvalue weighted by Gasteiger charge is -2.33. The molecule has 1 aliphatic carbocycles. The number of nitrogens with zero attached hydrogens (tertiary/aromatic N) is 3. The first-order valence-corrected chi connectivity index (χ1v) is 9.68. The van der Waals surface area contributed by atoms with Gasteiger partial charge in [-0.05, 0) is 43.9 Å². The molecule has 0 saturated heterocycles. The number of carbonyl (C=O) groups excluding carboxylic acids is 1. The van der Waals surface area contributed by atoms with Crippen LogP contribution in [0.25, 0.3) is 0 Å². The van der Waals surface area contributed by atoms with Crippen molar-refractivity contribution < 1.29 is 14.3 Å². The Morgan fingerprint density at radius 2 is 2.11 bits per heavy atom. The van der Waals surface area contributed by atoms with E-state index in [0.717, 1.165) is 49.8 Å². The van der Waals surface area contributed by atoms with Crippen LogP contribution in [0.5, 0.6) is 11.5 Å². The molecule has 142 valence electrons. The smallest absolute Gasteiger partial charge is 0.271 e. The molecule has 1 saturated carbocycles. The Morgan fingerprint density at radius 1 is 1.26 bits per heavy atom. The van der Waals surface area contributed by atoms with Gasteiger partial charge in [-0.15, -0.1) is 0 Å². The Hall–Kier alpha value is -2.54. The molecule has 27 heavy (non-hydrogen) atoms. The quantitative estimate of drug-likeness (QED) is 0.898. The highest BCUT2D eigenvalue weighted by Gasteiger charge is 2.29. The van der Waals surface area contributed by atoms with Gasteiger partial charge in [0.05, 0.1) is 6.04 Å². The molecular formula is C20H24N4O3. The van der Waals surface area contributed by atoms with Crippen LogP contribution in [0, 0.1) is 0 Å². The van der Waals surface area contributed by atoms with Crippen LogP contribution in [0.4, 0.5) is 0 Å². The molecule has 1 amide bonds. The highest BCUT2D eigenvalue weighted by atomic mass is 16.7. The molecule has 0 bridgehead atoms. The van der Waals surface area contributed by atoms with Crippen LogP contribution < -0.4 is 14.8 Å². The lowest BCUT2D eigenvalue weighted by Crippen LogP contribution is -2.39.